The molecule has 1 aliphatic rings. The second-order valence-electron chi connectivity index (χ2n) is 7.80. The van der Waals surface area contributed by atoms with Crippen LogP contribution in [0.4, 0.5) is 5.69 Å². The van der Waals surface area contributed by atoms with Crippen LogP contribution in [0.3, 0.4) is 0 Å². The molecular formula is C22H20ClN5O5. The maximum Gasteiger partial charge on any atom is 0.335 e. The van der Waals surface area contributed by atoms with Gasteiger partial charge in [-0.25, -0.2) is 9.48 Å². The number of carboxylic acids is 1. The van der Waals surface area contributed by atoms with Crippen LogP contribution in [0.2, 0.25) is 5.02 Å². The maximum atomic E-state index is 12.9. The van der Waals surface area contributed by atoms with Crippen molar-refractivity contribution in [1.82, 2.24) is 20.3 Å². The zero-order chi connectivity index (χ0) is 23.8. The number of nitrogens with one attached hydrogen (secondary N) is 2. The lowest BCUT2D eigenvalue weighted by molar-refractivity contribution is -0.146. The summed E-state index contributed by atoms with van der Waals surface area (Å²) in [6.45, 7) is 1.91. The fraction of sp³-hybridized carbons (Fsp3) is 0.227. The van der Waals surface area contributed by atoms with Crippen LogP contribution in [0.15, 0.2) is 48.7 Å². The molecule has 2 heterocycles. The van der Waals surface area contributed by atoms with Gasteiger partial charge < -0.3 is 20.8 Å². The average Bonchev–Trinajstić information content (AvgIpc) is 3.28. The molecule has 0 saturated heterocycles. The Morgan fingerprint density at radius 2 is 2.00 bits per heavy atom. The summed E-state index contributed by atoms with van der Waals surface area (Å²) < 4.78 is 1.54. The van der Waals surface area contributed by atoms with Crippen LogP contribution < -0.4 is 10.6 Å². The van der Waals surface area contributed by atoms with Gasteiger partial charge in [0.25, 0.3) is 5.91 Å². The number of amides is 2. The van der Waals surface area contributed by atoms with E-state index >= 15 is 0 Å². The molecule has 0 fully saturated rings. The number of anilines is 1. The molecule has 2 unspecified atom stereocenters. The second-order valence-corrected chi connectivity index (χ2v) is 8.24. The SMILES string of the molecule is CC(CNC(=O)C1(O)CC(=O)Nc2ccc(Cl)cc21)n1cc(-c2ccc(C(=O)O)cc2)nn1. The van der Waals surface area contributed by atoms with Crippen molar-refractivity contribution < 1.29 is 24.6 Å². The van der Waals surface area contributed by atoms with Gasteiger partial charge in [-0.1, -0.05) is 28.9 Å². The molecule has 1 aromatic heterocycles. The minimum Gasteiger partial charge on any atom is -0.478 e. The monoisotopic (exact) mass is 469 g/mol. The highest BCUT2D eigenvalue weighted by Crippen LogP contribution is 2.37. The number of nitrogens with zero attached hydrogens (tertiary/aromatic N) is 3. The predicted octanol–water partition coefficient (Wildman–Crippen LogP) is 2.20. The maximum absolute atomic E-state index is 12.9. The quantitative estimate of drug-likeness (QED) is 0.432. The van der Waals surface area contributed by atoms with Crippen LogP contribution >= 0.6 is 11.6 Å². The van der Waals surface area contributed by atoms with Crippen molar-refractivity contribution in [3.8, 4) is 11.3 Å². The number of aromatic nitrogens is 3. The molecule has 4 N–H and O–H groups in total. The van der Waals surface area contributed by atoms with Crippen LogP contribution in [0.1, 0.15) is 35.3 Å². The number of halogens is 1. The van der Waals surface area contributed by atoms with Gasteiger partial charge >= 0.3 is 5.97 Å². The van der Waals surface area contributed by atoms with Gasteiger partial charge in [0.1, 0.15) is 5.69 Å². The lowest BCUT2D eigenvalue weighted by atomic mass is 9.85. The van der Waals surface area contributed by atoms with E-state index in [2.05, 4.69) is 20.9 Å². The van der Waals surface area contributed by atoms with Gasteiger partial charge in [-0.15, -0.1) is 5.10 Å². The lowest BCUT2D eigenvalue weighted by Crippen LogP contribution is -2.50. The molecule has 10 nitrogen and oxygen atoms in total. The van der Waals surface area contributed by atoms with E-state index < -0.39 is 29.8 Å². The van der Waals surface area contributed by atoms with Gasteiger partial charge in [0, 0.05) is 28.4 Å². The molecule has 2 atom stereocenters. The zero-order valence-corrected chi connectivity index (χ0v) is 18.2. The molecule has 0 spiro atoms. The Kier molecular flexibility index (Phi) is 5.88. The van der Waals surface area contributed by atoms with Crippen molar-refractivity contribution >= 4 is 35.1 Å². The zero-order valence-electron chi connectivity index (χ0n) is 17.4. The number of hydrogen-bond donors (Lipinski definition) is 4. The summed E-state index contributed by atoms with van der Waals surface area (Å²) in [4.78, 5) is 36.0. The largest absolute Gasteiger partial charge is 0.478 e. The van der Waals surface area contributed by atoms with Crippen molar-refractivity contribution in [3.05, 3.63) is 64.8 Å². The summed E-state index contributed by atoms with van der Waals surface area (Å²) >= 11 is 6.03. The number of aliphatic hydroxyl groups is 1. The fourth-order valence-electron chi connectivity index (χ4n) is 3.58. The number of carboxylic acid groups (broad SMARTS) is 1. The molecule has 0 bridgehead atoms. The van der Waals surface area contributed by atoms with Gasteiger partial charge in [0.2, 0.25) is 5.91 Å². The number of benzene rings is 2. The van der Waals surface area contributed by atoms with E-state index in [4.69, 9.17) is 16.7 Å². The molecule has 0 radical (unpaired) electrons. The smallest absolute Gasteiger partial charge is 0.335 e. The summed E-state index contributed by atoms with van der Waals surface area (Å²) in [5, 5.41) is 33.9. The molecule has 1 aliphatic heterocycles. The number of carbonyl (C=O) groups is 3. The number of hydrogen-bond acceptors (Lipinski definition) is 6. The van der Waals surface area contributed by atoms with Crippen LogP contribution in [-0.4, -0.2) is 49.5 Å². The first-order valence-electron chi connectivity index (χ1n) is 10.0. The molecule has 11 heteroatoms. The average molecular weight is 470 g/mol. The third-order valence-corrected chi connectivity index (χ3v) is 5.68. The third-order valence-electron chi connectivity index (χ3n) is 5.44. The summed E-state index contributed by atoms with van der Waals surface area (Å²) in [6, 6.07) is 10.5. The molecule has 0 saturated carbocycles. The Labute approximate surface area is 193 Å². The minimum atomic E-state index is -2.05. The fourth-order valence-corrected chi connectivity index (χ4v) is 3.75. The highest BCUT2D eigenvalue weighted by atomic mass is 35.5. The highest BCUT2D eigenvalue weighted by Gasteiger charge is 2.45. The molecule has 2 aromatic carbocycles. The Morgan fingerprint density at radius 3 is 2.70 bits per heavy atom. The highest BCUT2D eigenvalue weighted by molar-refractivity contribution is 6.30. The standard InChI is InChI=1S/C22H20ClN5O5/c1-12(28-11-18(26-27-28)13-2-4-14(5-3-13)20(30)31)10-24-21(32)22(33)9-19(29)25-17-7-6-15(23)8-16(17)22/h2-8,11-12,33H,9-10H2,1H3,(H,24,32)(H,25,29)(H,30,31). The van der Waals surface area contributed by atoms with Crippen LogP contribution in [0.25, 0.3) is 11.3 Å². The first-order valence-corrected chi connectivity index (χ1v) is 10.4. The lowest BCUT2D eigenvalue weighted by Gasteiger charge is -2.33. The van der Waals surface area contributed by atoms with E-state index in [9.17, 15) is 19.5 Å². The molecule has 170 valence electrons. The minimum absolute atomic E-state index is 0.111. The van der Waals surface area contributed by atoms with Crippen LogP contribution in [0, 0.1) is 0 Å². The van der Waals surface area contributed by atoms with Gasteiger partial charge in [0.05, 0.1) is 24.2 Å². The van der Waals surface area contributed by atoms with Crippen molar-refractivity contribution in [2.24, 2.45) is 0 Å². The van der Waals surface area contributed by atoms with Gasteiger partial charge in [-0.2, -0.15) is 0 Å². The molecule has 0 aliphatic carbocycles. The van der Waals surface area contributed by atoms with Crippen molar-refractivity contribution in [2.45, 2.75) is 25.0 Å². The van der Waals surface area contributed by atoms with Crippen LogP contribution in [-0.2, 0) is 15.2 Å². The molecule has 2 amide bonds. The number of fused-ring (bicyclic) bond motifs is 1. The van der Waals surface area contributed by atoms with Gasteiger partial charge in [-0.05, 0) is 37.3 Å². The van der Waals surface area contributed by atoms with Gasteiger partial charge in [0.15, 0.2) is 5.60 Å². The summed E-state index contributed by atoms with van der Waals surface area (Å²) in [5.74, 6) is -2.22. The first-order chi connectivity index (χ1) is 15.7. The van der Waals surface area contributed by atoms with Crippen molar-refractivity contribution in [2.75, 3.05) is 11.9 Å². The normalized spacial score (nSPS) is 18.2. The molecular weight excluding hydrogens is 450 g/mol. The summed E-state index contributed by atoms with van der Waals surface area (Å²) in [7, 11) is 0. The van der Waals surface area contributed by atoms with E-state index in [1.165, 1.54) is 24.3 Å². The van der Waals surface area contributed by atoms with E-state index in [0.29, 0.717) is 22.0 Å². The second kappa shape index (κ2) is 8.64. The third kappa shape index (κ3) is 4.43. The van der Waals surface area contributed by atoms with Crippen molar-refractivity contribution in [1.29, 1.82) is 0 Å². The molecule has 33 heavy (non-hydrogen) atoms. The topological polar surface area (TPSA) is 146 Å². The van der Waals surface area contributed by atoms with Gasteiger partial charge in [-0.3, -0.25) is 9.59 Å². The number of rotatable bonds is 6. The number of aromatic carboxylic acids is 1. The Balaban J connectivity index is 1.46. The van der Waals surface area contributed by atoms with E-state index in [-0.39, 0.29) is 23.7 Å². The van der Waals surface area contributed by atoms with Crippen LogP contribution in [0.5, 0.6) is 0 Å². The first kappa shape index (κ1) is 22.4. The summed E-state index contributed by atoms with van der Waals surface area (Å²) in [5.41, 5.74) is -0.0974. The Bertz CT molecular complexity index is 1240. The predicted molar refractivity (Wildman–Crippen MR) is 119 cm³/mol. The van der Waals surface area contributed by atoms with E-state index in [0.717, 1.165) is 0 Å². The summed E-state index contributed by atoms with van der Waals surface area (Å²) in [6.07, 6.45) is 1.24. The van der Waals surface area contributed by atoms with E-state index in [1.807, 2.05) is 0 Å². The molecule has 3 aromatic rings. The Morgan fingerprint density at radius 1 is 1.27 bits per heavy atom. The Hall–Kier alpha value is -3.76. The van der Waals surface area contributed by atoms with E-state index in [1.54, 1.807) is 36.0 Å². The number of carbonyl (C=O) groups excluding carboxylic acids is 2. The molecule has 4 rings (SSSR count). The van der Waals surface area contributed by atoms with Crippen molar-refractivity contribution in [3.63, 3.8) is 0 Å².